The summed E-state index contributed by atoms with van der Waals surface area (Å²) < 4.78 is 57.0. The number of amides is 2. The van der Waals surface area contributed by atoms with Crippen LogP contribution in [0.3, 0.4) is 0 Å². The summed E-state index contributed by atoms with van der Waals surface area (Å²) >= 11 is 0. The van der Waals surface area contributed by atoms with Crippen LogP contribution in [0.4, 0.5) is 22.4 Å². The number of benzene rings is 1. The van der Waals surface area contributed by atoms with Crippen molar-refractivity contribution in [1.82, 2.24) is 15.5 Å². The molecule has 1 aliphatic rings. The molecule has 0 atom stereocenters. The first kappa shape index (κ1) is 24.9. The molecule has 6 nitrogen and oxygen atoms in total. The van der Waals surface area contributed by atoms with Crippen molar-refractivity contribution in [3.8, 4) is 0 Å². The van der Waals surface area contributed by atoms with E-state index in [2.05, 4.69) is 15.5 Å². The molecular weight excluding hydrogens is 418 g/mol. The van der Waals surface area contributed by atoms with Gasteiger partial charge in [0, 0.05) is 24.2 Å². The maximum atomic E-state index is 13.5. The first-order valence-electron chi connectivity index (χ1n) is 10.2. The molecule has 0 aromatic heterocycles. The van der Waals surface area contributed by atoms with Gasteiger partial charge in [-0.3, -0.25) is 9.69 Å². The number of alkyl carbamates (subject to hydrolysis) is 1. The second-order valence-electron chi connectivity index (χ2n) is 8.73. The Kier molecular flexibility index (Phi) is 8.27. The molecule has 1 aromatic rings. The van der Waals surface area contributed by atoms with Crippen molar-refractivity contribution in [2.24, 2.45) is 5.92 Å². The Bertz CT molecular complexity index is 770. The number of ether oxygens (including phenoxy) is 1. The predicted molar refractivity (Wildman–Crippen MR) is 107 cm³/mol. The first-order chi connectivity index (χ1) is 14.3. The minimum Gasteiger partial charge on any atom is -0.448 e. The lowest BCUT2D eigenvalue weighted by molar-refractivity contribution is -0.137. The second-order valence-corrected chi connectivity index (χ2v) is 8.73. The van der Waals surface area contributed by atoms with Crippen molar-refractivity contribution >= 4 is 12.0 Å². The molecule has 31 heavy (non-hydrogen) atoms. The van der Waals surface area contributed by atoms with Crippen molar-refractivity contribution in [3.05, 3.63) is 35.1 Å². The summed E-state index contributed by atoms with van der Waals surface area (Å²) in [7, 11) is 0. The van der Waals surface area contributed by atoms with Gasteiger partial charge >= 0.3 is 12.3 Å². The minimum atomic E-state index is -4.72. The van der Waals surface area contributed by atoms with E-state index in [0.717, 1.165) is 32.0 Å². The average molecular weight is 447 g/mol. The molecule has 174 valence electrons. The van der Waals surface area contributed by atoms with Gasteiger partial charge in [0.2, 0.25) is 0 Å². The third kappa shape index (κ3) is 8.72. The molecule has 0 radical (unpaired) electrons. The van der Waals surface area contributed by atoms with Crippen LogP contribution in [0.2, 0.25) is 0 Å². The smallest absolute Gasteiger partial charge is 0.416 e. The molecule has 0 bridgehead atoms. The number of halogens is 4. The van der Waals surface area contributed by atoms with Gasteiger partial charge in [0.25, 0.3) is 5.91 Å². The maximum absolute atomic E-state index is 13.5. The van der Waals surface area contributed by atoms with E-state index in [1.165, 1.54) is 0 Å². The van der Waals surface area contributed by atoms with Crippen LogP contribution in [0.25, 0.3) is 0 Å². The van der Waals surface area contributed by atoms with E-state index in [1.54, 1.807) is 0 Å². The Morgan fingerprint density at radius 3 is 2.35 bits per heavy atom. The van der Waals surface area contributed by atoms with E-state index >= 15 is 0 Å². The van der Waals surface area contributed by atoms with Gasteiger partial charge in [0.1, 0.15) is 12.4 Å². The molecule has 1 aromatic carbocycles. The van der Waals surface area contributed by atoms with Crippen molar-refractivity contribution in [2.45, 2.75) is 45.3 Å². The van der Waals surface area contributed by atoms with Crippen LogP contribution in [0.5, 0.6) is 0 Å². The van der Waals surface area contributed by atoms with Gasteiger partial charge in [-0.1, -0.05) is 0 Å². The highest BCUT2D eigenvalue weighted by Crippen LogP contribution is 2.30. The van der Waals surface area contributed by atoms with Gasteiger partial charge in [0.15, 0.2) is 0 Å². The summed E-state index contributed by atoms with van der Waals surface area (Å²) in [6.45, 7) is 8.26. The molecule has 1 saturated heterocycles. The van der Waals surface area contributed by atoms with Crippen LogP contribution in [0, 0.1) is 11.7 Å². The van der Waals surface area contributed by atoms with Gasteiger partial charge in [-0.15, -0.1) is 0 Å². The highest BCUT2D eigenvalue weighted by molar-refractivity contribution is 5.94. The lowest BCUT2D eigenvalue weighted by Gasteiger charge is -2.31. The molecule has 10 heteroatoms. The van der Waals surface area contributed by atoms with Gasteiger partial charge in [-0.25, -0.2) is 9.18 Å². The zero-order chi connectivity index (χ0) is 23.2. The zero-order valence-corrected chi connectivity index (χ0v) is 17.9. The highest BCUT2D eigenvalue weighted by atomic mass is 19.4. The molecule has 0 saturated carbocycles. The number of nitrogens with zero attached hydrogens (tertiary/aromatic N) is 1. The number of nitrogens with one attached hydrogen (secondary N) is 2. The number of alkyl halides is 3. The summed E-state index contributed by atoms with van der Waals surface area (Å²) in [5.41, 5.74) is -1.90. The summed E-state index contributed by atoms with van der Waals surface area (Å²) in [5, 5.41) is 5.31. The lowest BCUT2D eigenvalue weighted by Crippen LogP contribution is -2.43. The van der Waals surface area contributed by atoms with Gasteiger partial charge in [-0.2, -0.15) is 13.2 Å². The third-order valence-electron chi connectivity index (χ3n) is 4.86. The van der Waals surface area contributed by atoms with Crippen LogP contribution in [-0.4, -0.2) is 55.2 Å². The molecule has 0 aliphatic carbocycles. The average Bonchev–Trinajstić information content (AvgIpc) is 2.64. The molecule has 1 heterocycles. The van der Waals surface area contributed by atoms with Crippen LogP contribution in [-0.2, 0) is 10.9 Å². The predicted octanol–water partition coefficient (Wildman–Crippen LogP) is 3.81. The molecule has 0 unspecified atom stereocenters. The van der Waals surface area contributed by atoms with E-state index < -0.39 is 29.6 Å². The van der Waals surface area contributed by atoms with Crippen molar-refractivity contribution in [3.63, 3.8) is 0 Å². The number of likely N-dealkylation sites (tertiary alicyclic amines) is 1. The standard InChI is InChI=1S/C21H29F4N3O3/c1-20(2,3)27-19(30)31-9-8-28-6-4-14(5-7-28)13-26-18(29)15-10-16(21(23,24)25)12-17(22)11-15/h10-12,14H,4-9,13H2,1-3H3,(H,26,29)(H,27,30). The number of hydrogen-bond donors (Lipinski definition) is 2. The molecule has 0 spiro atoms. The monoisotopic (exact) mass is 447 g/mol. The topological polar surface area (TPSA) is 70.7 Å². The fraction of sp³-hybridized carbons (Fsp3) is 0.619. The first-order valence-corrected chi connectivity index (χ1v) is 10.2. The number of carbonyl (C=O) groups excluding carboxylic acids is 2. The maximum Gasteiger partial charge on any atom is 0.416 e. The fourth-order valence-electron chi connectivity index (χ4n) is 3.25. The Morgan fingerprint density at radius 1 is 1.13 bits per heavy atom. The number of carbonyl (C=O) groups is 2. The number of piperidine rings is 1. The van der Waals surface area contributed by atoms with Gasteiger partial charge in [-0.05, 0) is 70.8 Å². The lowest BCUT2D eigenvalue weighted by atomic mass is 9.96. The van der Waals surface area contributed by atoms with E-state index in [-0.39, 0.29) is 23.6 Å². The van der Waals surface area contributed by atoms with Crippen LogP contribution >= 0.6 is 0 Å². The zero-order valence-electron chi connectivity index (χ0n) is 17.9. The van der Waals surface area contributed by atoms with Gasteiger partial charge in [0.05, 0.1) is 5.56 Å². The Labute approximate surface area is 179 Å². The van der Waals surface area contributed by atoms with Crippen molar-refractivity contribution in [1.29, 1.82) is 0 Å². The van der Waals surface area contributed by atoms with Crippen molar-refractivity contribution in [2.75, 3.05) is 32.8 Å². The van der Waals surface area contributed by atoms with E-state index in [0.29, 0.717) is 25.2 Å². The van der Waals surface area contributed by atoms with E-state index in [1.807, 2.05) is 20.8 Å². The van der Waals surface area contributed by atoms with E-state index in [9.17, 15) is 27.2 Å². The Hall–Kier alpha value is -2.36. The molecule has 1 aliphatic heterocycles. The summed E-state index contributed by atoms with van der Waals surface area (Å²) in [5.74, 6) is -1.67. The fourth-order valence-corrected chi connectivity index (χ4v) is 3.25. The summed E-state index contributed by atoms with van der Waals surface area (Å²) in [4.78, 5) is 26.0. The van der Waals surface area contributed by atoms with E-state index in [4.69, 9.17) is 4.74 Å². The molecule has 1 fully saturated rings. The highest BCUT2D eigenvalue weighted by Gasteiger charge is 2.32. The molecular formula is C21H29F4N3O3. The quantitative estimate of drug-likeness (QED) is 0.651. The largest absolute Gasteiger partial charge is 0.448 e. The van der Waals surface area contributed by atoms with Crippen molar-refractivity contribution < 1.29 is 31.9 Å². The van der Waals surface area contributed by atoms with Gasteiger partial charge < -0.3 is 15.4 Å². The number of rotatable bonds is 6. The Balaban J connectivity index is 1.72. The molecule has 2 rings (SSSR count). The summed E-state index contributed by atoms with van der Waals surface area (Å²) in [6, 6.07) is 1.81. The van der Waals surface area contributed by atoms with Crippen LogP contribution in [0.1, 0.15) is 49.5 Å². The Morgan fingerprint density at radius 2 is 1.77 bits per heavy atom. The van der Waals surface area contributed by atoms with Crippen LogP contribution in [0.15, 0.2) is 18.2 Å². The minimum absolute atomic E-state index is 0.168. The SMILES string of the molecule is CC(C)(C)NC(=O)OCCN1CCC(CNC(=O)c2cc(F)cc(C(F)(F)F)c2)CC1. The second kappa shape index (κ2) is 10.3. The molecule has 2 amide bonds. The summed E-state index contributed by atoms with van der Waals surface area (Å²) in [6.07, 6.45) is -3.62. The number of hydrogen-bond acceptors (Lipinski definition) is 4. The third-order valence-corrected chi connectivity index (χ3v) is 4.86. The van der Waals surface area contributed by atoms with Crippen LogP contribution < -0.4 is 10.6 Å². The normalized spacial score (nSPS) is 16.1. The molecule has 2 N–H and O–H groups in total.